The number of nitrogens with one attached hydrogen (secondary N) is 2. The number of allylic oxidation sites excluding steroid dienone is 1. The third-order valence-corrected chi connectivity index (χ3v) is 0.641. The fraction of sp³-hybridized carbons (Fsp3) is 0.333. The van der Waals surface area contributed by atoms with E-state index in [0.29, 0.717) is 0 Å². The molecule has 1 heterocycles. The van der Waals surface area contributed by atoms with Crippen molar-refractivity contribution in [1.82, 2.24) is 10.8 Å². The summed E-state index contributed by atoms with van der Waals surface area (Å²) in [6, 6.07) is 0. The Kier molecular flexibility index (Phi) is 1.17. The lowest BCUT2D eigenvalue weighted by Crippen LogP contribution is -2.32. The van der Waals surface area contributed by atoms with Crippen LogP contribution in [0.25, 0.3) is 0 Å². The van der Waals surface area contributed by atoms with Crippen LogP contribution >= 0.6 is 0 Å². The molecule has 31 valence electrons. The molecule has 0 saturated carbocycles. The van der Waals surface area contributed by atoms with E-state index in [1.807, 2.05) is 19.7 Å². The van der Waals surface area contributed by atoms with E-state index in [9.17, 15) is 0 Å². The van der Waals surface area contributed by atoms with Gasteiger partial charge in [0.25, 0.3) is 0 Å². The second-order valence-electron chi connectivity index (χ2n) is 1.13. The second-order valence-corrected chi connectivity index (χ2v) is 1.13. The van der Waals surface area contributed by atoms with Crippen LogP contribution in [0.15, 0.2) is 12.3 Å². The molecule has 0 amide bonds. The van der Waals surface area contributed by atoms with Gasteiger partial charge < -0.3 is 5.43 Å². The SMILES string of the molecule is [B]1CC=CNN1. The van der Waals surface area contributed by atoms with E-state index in [1.165, 1.54) is 0 Å². The summed E-state index contributed by atoms with van der Waals surface area (Å²) in [4.78, 5) is 0. The van der Waals surface area contributed by atoms with Crippen molar-refractivity contribution >= 4 is 7.41 Å². The van der Waals surface area contributed by atoms with Crippen LogP contribution in [-0.2, 0) is 0 Å². The van der Waals surface area contributed by atoms with Gasteiger partial charge >= 0.3 is 0 Å². The largest absolute Gasteiger partial charge is 0.340 e. The Morgan fingerprint density at radius 1 is 1.67 bits per heavy atom. The molecule has 0 aromatic heterocycles. The average molecular weight is 80.9 g/mol. The summed E-state index contributed by atoms with van der Waals surface area (Å²) in [6.45, 7) is 0. The zero-order chi connectivity index (χ0) is 4.24. The molecule has 1 radical (unpaired) electrons. The third-order valence-electron chi connectivity index (χ3n) is 0.641. The number of rotatable bonds is 0. The molecule has 2 N–H and O–H groups in total. The van der Waals surface area contributed by atoms with Crippen molar-refractivity contribution in [3.8, 4) is 0 Å². The molecule has 3 heteroatoms. The maximum Gasteiger partial charge on any atom is 0.236 e. The molecule has 0 unspecified atom stereocenters. The molecular formula is C3H6BN2. The number of hydrogen-bond donors (Lipinski definition) is 2. The van der Waals surface area contributed by atoms with Gasteiger partial charge in [-0.25, -0.2) is 0 Å². The molecular weight excluding hydrogens is 74.9 g/mol. The molecule has 0 fully saturated rings. The molecule has 0 aromatic carbocycles. The van der Waals surface area contributed by atoms with Crippen molar-refractivity contribution in [3.63, 3.8) is 0 Å². The Hall–Kier alpha value is -0.435. The van der Waals surface area contributed by atoms with Crippen molar-refractivity contribution < 1.29 is 0 Å². The van der Waals surface area contributed by atoms with Gasteiger partial charge in [-0.1, -0.05) is 6.08 Å². The molecule has 0 bridgehead atoms. The monoisotopic (exact) mass is 81.1 g/mol. The van der Waals surface area contributed by atoms with Crippen molar-refractivity contribution in [1.29, 1.82) is 0 Å². The van der Waals surface area contributed by atoms with Gasteiger partial charge in [0.05, 0.1) is 0 Å². The minimum absolute atomic E-state index is 1.02. The predicted molar refractivity (Wildman–Crippen MR) is 26.0 cm³/mol. The predicted octanol–water partition coefficient (Wildman–Crippen LogP) is -0.355. The topological polar surface area (TPSA) is 24.1 Å². The Balaban J connectivity index is 2.26. The van der Waals surface area contributed by atoms with Crippen LogP contribution in [0.2, 0.25) is 6.32 Å². The van der Waals surface area contributed by atoms with Crippen LogP contribution in [-0.4, -0.2) is 7.41 Å². The first kappa shape index (κ1) is 3.74. The summed E-state index contributed by atoms with van der Waals surface area (Å²) in [5.41, 5.74) is 2.80. The zero-order valence-corrected chi connectivity index (χ0v) is 3.44. The fourth-order valence-electron chi connectivity index (χ4n) is 0.361. The maximum absolute atomic E-state index is 2.82. The first-order valence-corrected chi connectivity index (χ1v) is 1.98. The van der Waals surface area contributed by atoms with Gasteiger partial charge in [0.2, 0.25) is 7.41 Å². The van der Waals surface area contributed by atoms with Gasteiger partial charge in [-0.05, 0) is 6.32 Å². The Labute approximate surface area is 37.9 Å². The minimum Gasteiger partial charge on any atom is -0.340 e. The van der Waals surface area contributed by atoms with E-state index in [0.717, 1.165) is 6.32 Å². The van der Waals surface area contributed by atoms with Gasteiger partial charge in [0, 0.05) is 6.20 Å². The lowest BCUT2D eigenvalue weighted by atomic mass is 9.90. The van der Waals surface area contributed by atoms with Crippen LogP contribution in [0.3, 0.4) is 0 Å². The number of hydrazine groups is 1. The van der Waals surface area contributed by atoms with Gasteiger partial charge in [-0.15, -0.1) is 0 Å². The van der Waals surface area contributed by atoms with Gasteiger partial charge in [0.15, 0.2) is 0 Å². The molecule has 1 aliphatic heterocycles. The van der Waals surface area contributed by atoms with Crippen molar-refractivity contribution in [2.75, 3.05) is 0 Å². The van der Waals surface area contributed by atoms with Crippen LogP contribution in [0.4, 0.5) is 0 Å². The summed E-state index contributed by atoms with van der Waals surface area (Å²) in [7, 11) is 1.94. The van der Waals surface area contributed by atoms with Crippen LogP contribution in [0, 0.1) is 0 Å². The highest BCUT2D eigenvalue weighted by molar-refractivity contribution is 6.32. The maximum atomic E-state index is 2.82. The summed E-state index contributed by atoms with van der Waals surface area (Å²) in [6.07, 6.45) is 4.93. The first-order valence-electron chi connectivity index (χ1n) is 1.98. The number of hydrogen-bond acceptors (Lipinski definition) is 2. The lowest BCUT2D eigenvalue weighted by Gasteiger charge is -2.03. The average Bonchev–Trinajstić information content (AvgIpc) is 1.72. The van der Waals surface area contributed by atoms with Crippen LogP contribution < -0.4 is 10.8 Å². The summed E-state index contributed by atoms with van der Waals surface area (Å²) < 4.78 is 0. The molecule has 0 saturated heterocycles. The standard InChI is InChI=1S/C3H6BN2/c1-2-4-6-5-3-1/h1,3,5-6H,2H2. The smallest absolute Gasteiger partial charge is 0.236 e. The summed E-state index contributed by atoms with van der Waals surface area (Å²) in [5.74, 6) is 0. The zero-order valence-electron chi connectivity index (χ0n) is 3.44. The molecule has 2 nitrogen and oxygen atoms in total. The van der Waals surface area contributed by atoms with Gasteiger partial charge in [-0.3, -0.25) is 5.34 Å². The summed E-state index contributed by atoms with van der Waals surface area (Å²) >= 11 is 0. The molecule has 0 aromatic rings. The van der Waals surface area contributed by atoms with E-state index >= 15 is 0 Å². The van der Waals surface area contributed by atoms with Gasteiger partial charge in [0.1, 0.15) is 0 Å². The Bertz CT molecular complexity index is 53.8. The van der Waals surface area contributed by atoms with Crippen molar-refractivity contribution in [2.24, 2.45) is 0 Å². The fourth-order valence-corrected chi connectivity index (χ4v) is 0.361. The van der Waals surface area contributed by atoms with Crippen LogP contribution in [0.1, 0.15) is 0 Å². The normalized spacial score (nSPS) is 18.7. The van der Waals surface area contributed by atoms with E-state index in [-0.39, 0.29) is 0 Å². The lowest BCUT2D eigenvalue weighted by molar-refractivity contribution is 0.830. The molecule has 0 aliphatic carbocycles. The quantitative estimate of drug-likeness (QED) is 0.389. The van der Waals surface area contributed by atoms with Crippen molar-refractivity contribution in [2.45, 2.75) is 6.32 Å². The molecule has 1 aliphatic rings. The second kappa shape index (κ2) is 1.87. The Morgan fingerprint density at radius 3 is 2.83 bits per heavy atom. The highest BCUT2D eigenvalue weighted by Crippen LogP contribution is 1.79. The Morgan fingerprint density at radius 2 is 2.67 bits per heavy atom. The molecule has 1 rings (SSSR count). The highest BCUT2D eigenvalue weighted by Gasteiger charge is 1.86. The molecule has 6 heavy (non-hydrogen) atoms. The van der Waals surface area contributed by atoms with E-state index < -0.39 is 0 Å². The highest BCUT2D eigenvalue weighted by atomic mass is 15.3. The summed E-state index contributed by atoms with van der Waals surface area (Å²) in [5, 5.41) is 2.82. The third kappa shape index (κ3) is 0.757. The minimum atomic E-state index is 1.02. The van der Waals surface area contributed by atoms with E-state index in [4.69, 9.17) is 0 Å². The van der Waals surface area contributed by atoms with E-state index in [2.05, 4.69) is 10.8 Å². The van der Waals surface area contributed by atoms with Gasteiger partial charge in [-0.2, -0.15) is 0 Å². The van der Waals surface area contributed by atoms with Crippen LogP contribution in [0.5, 0.6) is 0 Å². The molecule has 0 spiro atoms. The molecule has 0 atom stereocenters. The first-order chi connectivity index (χ1) is 3.00. The van der Waals surface area contributed by atoms with Crippen molar-refractivity contribution in [3.05, 3.63) is 12.3 Å². The van der Waals surface area contributed by atoms with E-state index in [1.54, 1.807) is 0 Å².